The van der Waals surface area contributed by atoms with Crippen molar-refractivity contribution in [1.29, 1.82) is 0 Å². The first kappa shape index (κ1) is 24.9. The van der Waals surface area contributed by atoms with E-state index >= 15 is 0 Å². The molecule has 0 heterocycles. The molecule has 0 amide bonds. The van der Waals surface area contributed by atoms with Crippen molar-refractivity contribution in [2.24, 2.45) is 0 Å². The molecule has 0 aliphatic carbocycles. The number of likely N-dealkylation sites (N-methyl/N-ethyl adjacent to an activating group) is 1. The van der Waals surface area contributed by atoms with Gasteiger partial charge in [-0.1, -0.05) is 103 Å². The van der Waals surface area contributed by atoms with Crippen molar-refractivity contribution in [3.05, 3.63) is 0 Å². The van der Waals surface area contributed by atoms with Crippen molar-refractivity contribution in [2.75, 3.05) is 33.8 Å². The van der Waals surface area contributed by atoms with Gasteiger partial charge in [0.2, 0.25) is 0 Å². The van der Waals surface area contributed by atoms with E-state index in [1.165, 1.54) is 116 Å². The molecule has 0 atom stereocenters. The maximum Gasteiger partial charge on any atom is 0.102 e. The molecule has 0 aliphatic rings. The molecule has 0 fully saturated rings. The summed E-state index contributed by atoms with van der Waals surface area (Å²) in [5.41, 5.74) is 0. The van der Waals surface area contributed by atoms with Crippen molar-refractivity contribution in [3.63, 3.8) is 0 Å². The lowest BCUT2D eigenvalue weighted by molar-refractivity contribution is -0.890. The van der Waals surface area contributed by atoms with Crippen molar-refractivity contribution < 1.29 is 9.59 Å². The number of quaternary nitrogens is 1. The van der Waals surface area contributed by atoms with Crippen LogP contribution in [-0.4, -0.2) is 43.4 Å². The Morgan fingerprint density at radius 2 is 0.800 bits per heavy atom. The van der Waals surface area contributed by atoms with Gasteiger partial charge in [0.1, 0.15) is 6.54 Å². The molecule has 0 aliphatic heterocycles. The summed E-state index contributed by atoms with van der Waals surface area (Å²) < 4.78 is 0.968. The highest BCUT2D eigenvalue weighted by Crippen LogP contribution is 2.14. The number of hydrogen-bond acceptors (Lipinski definition) is 1. The average Bonchev–Trinajstić information content (AvgIpc) is 2.57. The quantitative estimate of drug-likeness (QED) is 0.190. The SMILES string of the molecule is CCCCCCCCCCCCCCCCCCC[N+](C)(C)CCO. The molecule has 0 unspecified atom stereocenters. The Kier molecular flexibility index (Phi) is 18.6. The van der Waals surface area contributed by atoms with Gasteiger partial charge in [0.05, 0.1) is 27.2 Å². The van der Waals surface area contributed by atoms with Gasteiger partial charge < -0.3 is 9.59 Å². The van der Waals surface area contributed by atoms with Gasteiger partial charge in [-0.15, -0.1) is 0 Å². The molecule has 0 aromatic carbocycles. The minimum absolute atomic E-state index is 0.311. The summed E-state index contributed by atoms with van der Waals surface area (Å²) in [5, 5.41) is 9.03. The molecule has 0 bridgehead atoms. The van der Waals surface area contributed by atoms with Gasteiger partial charge in [0, 0.05) is 0 Å². The van der Waals surface area contributed by atoms with E-state index in [0.717, 1.165) is 11.0 Å². The lowest BCUT2D eigenvalue weighted by Gasteiger charge is -2.28. The maximum absolute atomic E-state index is 9.03. The zero-order valence-electron chi connectivity index (χ0n) is 18.0. The highest BCUT2D eigenvalue weighted by Gasteiger charge is 2.12. The highest BCUT2D eigenvalue weighted by atomic mass is 16.3. The van der Waals surface area contributed by atoms with Gasteiger partial charge in [-0.05, 0) is 12.8 Å². The Labute approximate surface area is 160 Å². The van der Waals surface area contributed by atoms with E-state index < -0.39 is 0 Å². The van der Waals surface area contributed by atoms with Crippen LogP contribution in [0.5, 0.6) is 0 Å². The molecule has 0 saturated heterocycles. The summed E-state index contributed by atoms with van der Waals surface area (Å²) in [5.74, 6) is 0. The largest absolute Gasteiger partial charge is 0.391 e. The van der Waals surface area contributed by atoms with E-state index in [4.69, 9.17) is 5.11 Å². The van der Waals surface area contributed by atoms with Gasteiger partial charge in [0.15, 0.2) is 0 Å². The predicted molar refractivity (Wildman–Crippen MR) is 113 cm³/mol. The summed E-state index contributed by atoms with van der Waals surface area (Å²) in [7, 11) is 4.45. The molecule has 152 valence electrons. The topological polar surface area (TPSA) is 20.2 Å². The van der Waals surface area contributed by atoms with Crippen molar-refractivity contribution >= 4 is 0 Å². The number of nitrogens with zero attached hydrogens (tertiary/aromatic N) is 1. The summed E-state index contributed by atoms with van der Waals surface area (Å²) >= 11 is 0. The molecule has 0 radical (unpaired) electrons. The van der Waals surface area contributed by atoms with Gasteiger partial charge in [-0.2, -0.15) is 0 Å². The van der Waals surface area contributed by atoms with Gasteiger partial charge in [-0.3, -0.25) is 0 Å². The number of aliphatic hydroxyl groups excluding tert-OH is 1. The van der Waals surface area contributed by atoms with Crippen LogP contribution < -0.4 is 0 Å². The van der Waals surface area contributed by atoms with Crippen molar-refractivity contribution in [3.8, 4) is 0 Å². The Balaban J connectivity index is 3.10. The Morgan fingerprint density at radius 1 is 0.480 bits per heavy atom. The number of aliphatic hydroxyl groups is 1. The predicted octanol–water partition coefficient (Wildman–Crippen LogP) is 6.71. The van der Waals surface area contributed by atoms with Gasteiger partial charge in [-0.25, -0.2) is 0 Å². The first-order valence-corrected chi connectivity index (χ1v) is 11.6. The molecule has 0 spiro atoms. The molecule has 1 N–H and O–H groups in total. The Hall–Kier alpha value is -0.0800. The van der Waals surface area contributed by atoms with Crippen LogP contribution in [0.15, 0.2) is 0 Å². The van der Waals surface area contributed by atoms with Crippen LogP contribution in [0.2, 0.25) is 0 Å². The minimum Gasteiger partial charge on any atom is -0.391 e. The molecule has 0 rings (SSSR count). The van der Waals surface area contributed by atoms with E-state index in [1.54, 1.807) is 0 Å². The van der Waals surface area contributed by atoms with E-state index in [0.29, 0.717) is 6.61 Å². The molecule has 25 heavy (non-hydrogen) atoms. The van der Waals surface area contributed by atoms with Crippen LogP contribution in [0.4, 0.5) is 0 Å². The normalized spacial score (nSPS) is 12.0. The lowest BCUT2D eigenvalue weighted by Crippen LogP contribution is -2.42. The monoisotopic (exact) mass is 356 g/mol. The number of rotatable bonds is 20. The van der Waals surface area contributed by atoms with Crippen LogP contribution in [0, 0.1) is 0 Å². The fourth-order valence-corrected chi connectivity index (χ4v) is 3.65. The lowest BCUT2D eigenvalue weighted by atomic mass is 10.0. The molecular formula is C23H50NO+. The second kappa shape index (κ2) is 18.7. The van der Waals surface area contributed by atoms with Crippen molar-refractivity contribution in [2.45, 2.75) is 116 Å². The second-order valence-electron chi connectivity index (χ2n) is 8.76. The summed E-state index contributed by atoms with van der Waals surface area (Å²) in [6.45, 7) is 4.70. The maximum atomic E-state index is 9.03. The smallest absolute Gasteiger partial charge is 0.102 e. The van der Waals surface area contributed by atoms with E-state index in [9.17, 15) is 0 Å². The van der Waals surface area contributed by atoms with E-state index in [1.807, 2.05) is 0 Å². The van der Waals surface area contributed by atoms with Crippen molar-refractivity contribution in [1.82, 2.24) is 0 Å². The standard InChI is InChI=1S/C23H50NO/c1-4-5-6-7-8-9-10-11-12-13-14-15-16-17-18-19-20-21-24(2,3)22-23-25/h25H,4-23H2,1-3H3/q+1. The van der Waals surface area contributed by atoms with E-state index in [2.05, 4.69) is 21.0 Å². The van der Waals surface area contributed by atoms with Gasteiger partial charge in [0.25, 0.3) is 0 Å². The summed E-state index contributed by atoms with van der Waals surface area (Å²) in [6.07, 6.45) is 24.4. The summed E-state index contributed by atoms with van der Waals surface area (Å²) in [4.78, 5) is 0. The highest BCUT2D eigenvalue weighted by molar-refractivity contribution is 4.50. The third-order valence-electron chi connectivity index (χ3n) is 5.57. The summed E-state index contributed by atoms with van der Waals surface area (Å²) in [6, 6.07) is 0. The first-order valence-electron chi connectivity index (χ1n) is 11.6. The third-order valence-corrected chi connectivity index (χ3v) is 5.57. The fraction of sp³-hybridized carbons (Fsp3) is 1.00. The Morgan fingerprint density at radius 3 is 1.12 bits per heavy atom. The van der Waals surface area contributed by atoms with Gasteiger partial charge >= 0.3 is 0 Å². The molecule has 2 nitrogen and oxygen atoms in total. The van der Waals surface area contributed by atoms with Crippen LogP contribution in [-0.2, 0) is 0 Å². The molecule has 0 saturated carbocycles. The van der Waals surface area contributed by atoms with Crippen LogP contribution in [0.3, 0.4) is 0 Å². The number of hydrogen-bond donors (Lipinski definition) is 1. The molecule has 0 aromatic heterocycles. The molecular weight excluding hydrogens is 306 g/mol. The number of unbranched alkanes of at least 4 members (excludes halogenated alkanes) is 16. The third kappa shape index (κ3) is 20.1. The van der Waals surface area contributed by atoms with E-state index in [-0.39, 0.29) is 0 Å². The fourth-order valence-electron chi connectivity index (χ4n) is 3.65. The zero-order chi connectivity index (χ0) is 18.6. The van der Waals surface area contributed by atoms with Crippen LogP contribution in [0.1, 0.15) is 116 Å². The first-order chi connectivity index (χ1) is 12.1. The molecule has 2 heteroatoms. The zero-order valence-corrected chi connectivity index (χ0v) is 18.0. The molecule has 0 aromatic rings. The average molecular weight is 357 g/mol. The van der Waals surface area contributed by atoms with Crippen LogP contribution >= 0.6 is 0 Å². The van der Waals surface area contributed by atoms with Crippen LogP contribution in [0.25, 0.3) is 0 Å². The minimum atomic E-state index is 0.311. The second-order valence-corrected chi connectivity index (χ2v) is 8.76. The Bertz CT molecular complexity index is 252.